The van der Waals surface area contributed by atoms with Crippen LogP contribution in [0.25, 0.3) is 0 Å². The van der Waals surface area contributed by atoms with E-state index >= 15 is 0 Å². The Hall–Kier alpha value is -1.22. The largest absolute Gasteiger partial charge is 0.459 e. The number of hydrogen-bond acceptors (Lipinski definition) is 4. The Balaban J connectivity index is 1.60. The predicted octanol–water partition coefficient (Wildman–Crippen LogP) is 11.3. The van der Waals surface area contributed by atoms with E-state index < -0.39 is 16.6 Å². The summed E-state index contributed by atoms with van der Waals surface area (Å²) < 4.78 is 20.0. The second-order valence-electron chi connectivity index (χ2n) is 18.9. The lowest BCUT2D eigenvalue weighted by Gasteiger charge is -2.48. The van der Waals surface area contributed by atoms with Gasteiger partial charge >= 0.3 is 5.97 Å². The van der Waals surface area contributed by atoms with E-state index in [-0.39, 0.29) is 40.3 Å². The molecule has 3 saturated carbocycles. The Morgan fingerprint density at radius 3 is 2.15 bits per heavy atom. The van der Waals surface area contributed by atoms with Gasteiger partial charge in [0, 0.05) is 17.9 Å². The molecule has 3 aliphatic carbocycles. The maximum Gasteiger partial charge on any atom is 0.333 e. The molecule has 4 nitrogen and oxygen atoms in total. The fraction of sp³-hybridized carbons (Fsp3) is 0.775. The van der Waals surface area contributed by atoms with Crippen molar-refractivity contribution in [3.63, 3.8) is 0 Å². The number of rotatable bonds is 8. The average molecular weight is 669 g/mol. The number of fused-ring (bicyclic) bond motifs is 1. The van der Waals surface area contributed by atoms with Crippen molar-refractivity contribution >= 4 is 22.6 Å². The van der Waals surface area contributed by atoms with Crippen molar-refractivity contribution in [3.05, 3.63) is 47.6 Å². The maximum atomic E-state index is 12.0. The van der Waals surface area contributed by atoms with Gasteiger partial charge in [0.2, 0.25) is 0 Å². The van der Waals surface area contributed by atoms with Gasteiger partial charge in [-0.25, -0.2) is 4.79 Å². The van der Waals surface area contributed by atoms with Gasteiger partial charge in [-0.15, -0.1) is 0 Å². The molecule has 4 aliphatic rings. The molecule has 8 atom stereocenters. The van der Waals surface area contributed by atoms with Gasteiger partial charge in [-0.3, -0.25) is 0 Å². The zero-order chi connectivity index (χ0) is 34.6. The zero-order valence-electron chi connectivity index (χ0n) is 31.9. The van der Waals surface area contributed by atoms with E-state index in [0.717, 1.165) is 18.4 Å². The summed E-state index contributed by atoms with van der Waals surface area (Å²) >= 11 is 0. The van der Waals surface area contributed by atoms with Crippen LogP contribution in [-0.2, 0) is 18.4 Å². The van der Waals surface area contributed by atoms with E-state index in [1.165, 1.54) is 37.7 Å². The number of hydrogen-bond donors (Lipinski definition) is 0. The summed E-state index contributed by atoms with van der Waals surface area (Å²) in [4.78, 5) is 12.0. The van der Waals surface area contributed by atoms with Crippen LogP contribution in [0.15, 0.2) is 47.6 Å². The smallest absolute Gasteiger partial charge is 0.333 e. The molecule has 0 bridgehead atoms. The fourth-order valence-electron chi connectivity index (χ4n) is 8.55. The van der Waals surface area contributed by atoms with Crippen LogP contribution in [-0.4, -0.2) is 40.9 Å². The molecule has 1 heterocycles. The van der Waals surface area contributed by atoms with Gasteiger partial charge in [0.1, 0.15) is 6.10 Å². The minimum absolute atomic E-state index is 0.00339. The first-order chi connectivity index (χ1) is 21.0. The average Bonchev–Trinajstić information content (AvgIpc) is 3.43. The summed E-state index contributed by atoms with van der Waals surface area (Å²) in [5.41, 5.74) is 5.02. The van der Waals surface area contributed by atoms with Crippen molar-refractivity contribution in [1.29, 1.82) is 0 Å². The molecule has 0 unspecified atom stereocenters. The molecule has 0 N–H and O–H groups in total. The summed E-state index contributed by atoms with van der Waals surface area (Å²) in [5.74, 6) is 1.85. The first kappa shape index (κ1) is 37.6. The molecule has 0 aromatic carbocycles. The van der Waals surface area contributed by atoms with Crippen molar-refractivity contribution in [3.8, 4) is 0 Å². The summed E-state index contributed by atoms with van der Waals surface area (Å²) in [6, 6.07) is 0. The molecule has 260 valence electrons. The van der Waals surface area contributed by atoms with E-state index in [0.29, 0.717) is 35.2 Å². The van der Waals surface area contributed by atoms with Crippen LogP contribution in [0, 0.1) is 29.1 Å². The van der Waals surface area contributed by atoms with Crippen LogP contribution in [0.3, 0.4) is 0 Å². The SMILES string of the molecule is C=C1C[C@H](C[C@@H](C)[C@H]2CC[C@H]3C(=CC=C4C[C@@H](O[Si](C)(C)C(C)(C)C)[C@H](C)[C@@H](O[Si](C)(C)C(C)(C)C)C4=C)CCC[C@]23C)OC1=O. The van der Waals surface area contributed by atoms with Crippen LogP contribution in [0.5, 0.6) is 0 Å². The van der Waals surface area contributed by atoms with E-state index in [4.69, 9.17) is 20.2 Å². The van der Waals surface area contributed by atoms with Gasteiger partial charge in [-0.05, 0) is 116 Å². The van der Waals surface area contributed by atoms with E-state index in [2.05, 4.69) is 107 Å². The third-order valence-electron chi connectivity index (χ3n) is 13.6. The Morgan fingerprint density at radius 1 is 0.978 bits per heavy atom. The fourth-order valence-corrected chi connectivity index (χ4v) is 11.3. The maximum absolute atomic E-state index is 12.0. The quantitative estimate of drug-likeness (QED) is 0.147. The van der Waals surface area contributed by atoms with Crippen LogP contribution in [0.2, 0.25) is 36.3 Å². The normalized spacial score (nSPS) is 35.5. The summed E-state index contributed by atoms with van der Waals surface area (Å²) in [6.45, 7) is 39.4. The summed E-state index contributed by atoms with van der Waals surface area (Å²) in [6.07, 6.45) is 13.8. The molecule has 6 heteroatoms. The second kappa shape index (κ2) is 13.2. The van der Waals surface area contributed by atoms with E-state index in [9.17, 15) is 4.79 Å². The number of carbonyl (C=O) groups excluding carboxylic acids is 1. The number of ether oxygens (including phenoxy) is 1. The Morgan fingerprint density at radius 2 is 1.59 bits per heavy atom. The first-order valence-corrected chi connectivity index (χ1v) is 24.1. The highest BCUT2D eigenvalue weighted by Gasteiger charge is 2.52. The van der Waals surface area contributed by atoms with E-state index in [1.807, 2.05) is 0 Å². The lowest BCUT2D eigenvalue weighted by molar-refractivity contribution is -0.139. The highest BCUT2D eigenvalue weighted by atomic mass is 28.4. The molecular formula is C40H68O4Si2. The third kappa shape index (κ3) is 7.50. The highest BCUT2D eigenvalue weighted by Crippen LogP contribution is 2.60. The minimum atomic E-state index is -2.03. The zero-order valence-corrected chi connectivity index (χ0v) is 33.9. The summed E-state index contributed by atoms with van der Waals surface area (Å²) in [5, 5.41) is 0.279. The van der Waals surface area contributed by atoms with Crippen molar-refractivity contribution in [1.82, 2.24) is 0 Å². The topological polar surface area (TPSA) is 44.8 Å². The lowest BCUT2D eigenvalue weighted by atomic mass is 9.60. The van der Waals surface area contributed by atoms with Crippen molar-refractivity contribution < 1.29 is 18.4 Å². The molecule has 1 saturated heterocycles. The Bertz CT molecular complexity index is 1230. The molecule has 0 radical (unpaired) electrons. The molecule has 0 aromatic rings. The van der Waals surface area contributed by atoms with Gasteiger partial charge in [-0.1, -0.05) is 93.2 Å². The summed E-state index contributed by atoms with van der Waals surface area (Å²) in [7, 11) is -4.02. The van der Waals surface area contributed by atoms with Crippen LogP contribution in [0.1, 0.15) is 114 Å². The molecule has 4 fully saturated rings. The number of cyclic esters (lactones) is 1. The molecule has 1 aliphatic heterocycles. The molecular weight excluding hydrogens is 601 g/mol. The number of allylic oxidation sites excluding steroid dienone is 3. The molecule has 0 amide bonds. The van der Waals surface area contributed by atoms with Crippen LogP contribution < -0.4 is 0 Å². The van der Waals surface area contributed by atoms with Crippen molar-refractivity contribution in [2.45, 2.75) is 168 Å². The number of esters is 1. The van der Waals surface area contributed by atoms with Crippen molar-refractivity contribution in [2.24, 2.45) is 29.1 Å². The lowest BCUT2D eigenvalue weighted by Crippen LogP contribution is -2.53. The standard InChI is InChI=1S/C40H68O4Si2/c1-26(23-32-24-27(2)37(41)42-32)33-20-21-34-30(17-16-22-40(33,34)11)18-19-31-25-35(43-45(12,13)38(5,6)7)29(4)36(28(31)3)44-46(14,15)39(8,9)10/h18-19,26,29,32-36H,2-3,16-17,20-25H2,1,4-15H3/t26-,29+,32+,33-,34+,35-,36+,40-/m1/s1. The van der Waals surface area contributed by atoms with Gasteiger partial charge < -0.3 is 13.6 Å². The van der Waals surface area contributed by atoms with Crippen LogP contribution in [0.4, 0.5) is 0 Å². The first-order valence-electron chi connectivity index (χ1n) is 18.3. The van der Waals surface area contributed by atoms with Gasteiger partial charge in [0.15, 0.2) is 16.6 Å². The van der Waals surface area contributed by atoms with Crippen LogP contribution >= 0.6 is 0 Å². The molecule has 0 aromatic heterocycles. The Kier molecular flexibility index (Phi) is 10.8. The van der Waals surface area contributed by atoms with Gasteiger partial charge in [-0.2, -0.15) is 0 Å². The minimum Gasteiger partial charge on any atom is -0.459 e. The molecule has 46 heavy (non-hydrogen) atoms. The molecule has 0 spiro atoms. The predicted molar refractivity (Wildman–Crippen MR) is 199 cm³/mol. The van der Waals surface area contributed by atoms with Gasteiger partial charge in [0.05, 0.1) is 12.2 Å². The monoisotopic (exact) mass is 668 g/mol. The second-order valence-corrected chi connectivity index (χ2v) is 28.4. The van der Waals surface area contributed by atoms with Crippen molar-refractivity contribution in [2.75, 3.05) is 0 Å². The molecule has 4 rings (SSSR count). The van der Waals surface area contributed by atoms with Gasteiger partial charge in [0.25, 0.3) is 0 Å². The highest BCUT2D eigenvalue weighted by molar-refractivity contribution is 6.74. The Labute approximate surface area is 285 Å². The number of carbonyl (C=O) groups is 1. The third-order valence-corrected chi connectivity index (χ3v) is 22.6. The van der Waals surface area contributed by atoms with E-state index in [1.54, 1.807) is 5.57 Å².